The van der Waals surface area contributed by atoms with Crippen LogP contribution in [0.3, 0.4) is 0 Å². The minimum absolute atomic E-state index is 0. The van der Waals surface area contributed by atoms with Gasteiger partial charge < -0.3 is 15.8 Å². The fraction of sp³-hybridized carbons (Fsp3) is 0.917. The van der Waals surface area contributed by atoms with Crippen molar-refractivity contribution in [1.29, 1.82) is 0 Å². The summed E-state index contributed by atoms with van der Waals surface area (Å²) in [4.78, 5) is 12.2. The maximum atomic E-state index is 12.2. The molecule has 1 heterocycles. The number of ether oxygens (including phenoxy) is 1. The summed E-state index contributed by atoms with van der Waals surface area (Å²) in [6.45, 7) is 5.91. The van der Waals surface area contributed by atoms with Crippen LogP contribution in [0.5, 0.6) is 0 Å². The number of hydrogen-bond acceptors (Lipinski definition) is 3. The molecule has 4 nitrogen and oxygen atoms in total. The van der Waals surface area contributed by atoms with Gasteiger partial charge in [0.1, 0.15) is 0 Å². The van der Waals surface area contributed by atoms with Gasteiger partial charge in [-0.05, 0) is 25.7 Å². The van der Waals surface area contributed by atoms with Gasteiger partial charge in [0.25, 0.3) is 0 Å². The second-order valence-electron chi connectivity index (χ2n) is 4.58. The third-order valence-corrected chi connectivity index (χ3v) is 3.72. The molecule has 0 radical (unpaired) electrons. The fourth-order valence-corrected chi connectivity index (χ4v) is 2.15. The van der Waals surface area contributed by atoms with E-state index in [2.05, 4.69) is 5.32 Å². The average molecular weight is 265 g/mol. The van der Waals surface area contributed by atoms with Gasteiger partial charge in [-0.25, -0.2) is 0 Å². The molecule has 1 saturated heterocycles. The molecule has 1 atom stereocenters. The summed E-state index contributed by atoms with van der Waals surface area (Å²) >= 11 is 0. The molecular weight excluding hydrogens is 240 g/mol. The summed E-state index contributed by atoms with van der Waals surface area (Å²) < 4.78 is 5.35. The van der Waals surface area contributed by atoms with Gasteiger partial charge in [0, 0.05) is 13.2 Å². The number of nitrogens with one attached hydrogen (secondary N) is 1. The molecule has 1 amide bonds. The Hall–Kier alpha value is -0.320. The number of halogens is 1. The van der Waals surface area contributed by atoms with E-state index in [0.29, 0.717) is 13.2 Å². The summed E-state index contributed by atoms with van der Waals surface area (Å²) in [5.41, 5.74) is 5.35. The van der Waals surface area contributed by atoms with Crippen molar-refractivity contribution < 1.29 is 9.53 Å². The van der Waals surface area contributed by atoms with E-state index < -0.39 is 5.41 Å². The number of nitrogens with two attached hydrogens (primary N) is 1. The highest BCUT2D eigenvalue weighted by atomic mass is 35.5. The van der Waals surface area contributed by atoms with Gasteiger partial charge in [0.05, 0.1) is 18.1 Å². The Bertz CT molecular complexity index is 218. The van der Waals surface area contributed by atoms with Crippen molar-refractivity contribution in [2.24, 2.45) is 11.1 Å². The van der Waals surface area contributed by atoms with Crippen LogP contribution in [0.2, 0.25) is 0 Å². The van der Waals surface area contributed by atoms with E-state index in [-0.39, 0.29) is 24.4 Å². The van der Waals surface area contributed by atoms with Crippen molar-refractivity contribution in [1.82, 2.24) is 5.32 Å². The lowest BCUT2D eigenvalue weighted by atomic mass is 9.81. The van der Waals surface area contributed by atoms with E-state index in [4.69, 9.17) is 10.5 Å². The molecule has 17 heavy (non-hydrogen) atoms. The van der Waals surface area contributed by atoms with Gasteiger partial charge in [-0.15, -0.1) is 12.4 Å². The van der Waals surface area contributed by atoms with Crippen LogP contribution >= 0.6 is 12.4 Å². The van der Waals surface area contributed by atoms with Gasteiger partial charge in [0.2, 0.25) is 5.91 Å². The van der Waals surface area contributed by atoms with Crippen LogP contribution in [0.4, 0.5) is 0 Å². The first kappa shape index (κ1) is 16.7. The smallest absolute Gasteiger partial charge is 0.227 e. The van der Waals surface area contributed by atoms with Gasteiger partial charge in [-0.1, -0.05) is 13.8 Å². The van der Waals surface area contributed by atoms with Crippen molar-refractivity contribution in [3.8, 4) is 0 Å². The zero-order valence-electron chi connectivity index (χ0n) is 10.8. The van der Waals surface area contributed by atoms with Crippen molar-refractivity contribution in [3.63, 3.8) is 0 Å². The fourth-order valence-electron chi connectivity index (χ4n) is 2.15. The van der Waals surface area contributed by atoms with Gasteiger partial charge in [-0.3, -0.25) is 4.79 Å². The molecule has 1 unspecified atom stereocenters. The van der Waals surface area contributed by atoms with Crippen molar-refractivity contribution >= 4 is 18.3 Å². The minimum atomic E-state index is -0.391. The van der Waals surface area contributed by atoms with Crippen LogP contribution in [-0.2, 0) is 9.53 Å². The predicted octanol–water partition coefficient (Wildman–Crippen LogP) is 1.47. The Labute approximate surface area is 110 Å². The summed E-state index contributed by atoms with van der Waals surface area (Å²) in [6, 6.07) is 0.172. The van der Waals surface area contributed by atoms with Gasteiger partial charge in [-0.2, -0.15) is 0 Å². The van der Waals surface area contributed by atoms with Crippen LogP contribution in [-0.4, -0.2) is 31.7 Å². The van der Waals surface area contributed by atoms with Crippen LogP contribution in [0, 0.1) is 5.41 Å². The molecule has 0 spiro atoms. The average Bonchev–Trinajstić information content (AvgIpc) is 2.33. The van der Waals surface area contributed by atoms with Gasteiger partial charge in [0.15, 0.2) is 0 Å². The minimum Gasteiger partial charge on any atom is -0.379 e. The second kappa shape index (κ2) is 7.90. The Morgan fingerprint density at radius 3 is 2.53 bits per heavy atom. The maximum Gasteiger partial charge on any atom is 0.227 e. The molecule has 0 bridgehead atoms. The van der Waals surface area contributed by atoms with E-state index in [1.807, 2.05) is 13.8 Å². The number of amides is 1. The molecule has 0 saturated carbocycles. The summed E-state index contributed by atoms with van der Waals surface area (Å²) in [5.74, 6) is 0.0931. The zero-order chi connectivity index (χ0) is 12.0. The van der Waals surface area contributed by atoms with E-state index in [1.54, 1.807) is 0 Å². The summed E-state index contributed by atoms with van der Waals surface area (Å²) in [6.07, 6.45) is 3.62. The van der Waals surface area contributed by atoms with Crippen LogP contribution in [0.1, 0.15) is 39.5 Å². The number of carbonyl (C=O) groups is 1. The zero-order valence-corrected chi connectivity index (χ0v) is 11.6. The molecule has 1 aliphatic rings. The van der Waals surface area contributed by atoms with Gasteiger partial charge >= 0.3 is 0 Å². The number of hydrogen-bond donors (Lipinski definition) is 2. The quantitative estimate of drug-likeness (QED) is 0.790. The molecule has 0 aromatic carbocycles. The lowest BCUT2D eigenvalue weighted by Gasteiger charge is -2.32. The normalized spacial score (nSPS) is 20.5. The lowest BCUT2D eigenvalue weighted by molar-refractivity contribution is -0.132. The Kier molecular flexibility index (Phi) is 7.75. The molecule has 1 fully saturated rings. The third-order valence-electron chi connectivity index (χ3n) is 3.72. The Morgan fingerprint density at radius 2 is 2.12 bits per heavy atom. The predicted molar refractivity (Wildman–Crippen MR) is 71.3 cm³/mol. The highest BCUT2D eigenvalue weighted by Crippen LogP contribution is 2.25. The number of carbonyl (C=O) groups excluding carboxylic acids is 1. The third kappa shape index (κ3) is 4.12. The highest BCUT2D eigenvalue weighted by molar-refractivity contribution is 5.85. The standard InChI is InChI=1S/C12H24N2O2.ClH/c1-3-12(4-2,9-13)11(15)14-10-6-5-7-16-8-10;/h10H,3-9,13H2,1-2H3,(H,14,15);1H. The molecule has 5 heteroatoms. The van der Waals surface area contributed by atoms with Crippen molar-refractivity contribution in [2.45, 2.75) is 45.6 Å². The largest absolute Gasteiger partial charge is 0.379 e. The molecule has 1 rings (SSSR count). The molecule has 3 N–H and O–H groups in total. The Morgan fingerprint density at radius 1 is 1.47 bits per heavy atom. The monoisotopic (exact) mass is 264 g/mol. The van der Waals surface area contributed by atoms with E-state index in [9.17, 15) is 4.79 Å². The topological polar surface area (TPSA) is 64.4 Å². The second-order valence-corrected chi connectivity index (χ2v) is 4.58. The SMILES string of the molecule is CCC(CC)(CN)C(=O)NC1CCCOC1.Cl. The first-order valence-corrected chi connectivity index (χ1v) is 6.27. The lowest BCUT2D eigenvalue weighted by Crippen LogP contribution is -2.50. The molecular formula is C12H25ClN2O2. The number of rotatable bonds is 5. The van der Waals surface area contributed by atoms with Crippen LogP contribution in [0.15, 0.2) is 0 Å². The molecule has 0 aromatic heterocycles. The summed E-state index contributed by atoms with van der Waals surface area (Å²) in [5, 5.41) is 3.07. The Balaban J connectivity index is 0.00000256. The molecule has 0 aliphatic carbocycles. The highest BCUT2D eigenvalue weighted by Gasteiger charge is 2.34. The van der Waals surface area contributed by atoms with E-state index >= 15 is 0 Å². The molecule has 1 aliphatic heterocycles. The first-order valence-electron chi connectivity index (χ1n) is 6.27. The summed E-state index contributed by atoms with van der Waals surface area (Å²) in [7, 11) is 0. The van der Waals surface area contributed by atoms with E-state index in [1.165, 1.54) is 0 Å². The molecule has 0 aromatic rings. The first-order chi connectivity index (χ1) is 7.68. The van der Waals surface area contributed by atoms with Crippen LogP contribution in [0.25, 0.3) is 0 Å². The molecule has 102 valence electrons. The maximum absolute atomic E-state index is 12.2. The van der Waals surface area contributed by atoms with Crippen molar-refractivity contribution in [3.05, 3.63) is 0 Å². The van der Waals surface area contributed by atoms with E-state index in [0.717, 1.165) is 32.3 Å². The van der Waals surface area contributed by atoms with Crippen molar-refractivity contribution in [2.75, 3.05) is 19.8 Å². The van der Waals surface area contributed by atoms with Crippen LogP contribution < -0.4 is 11.1 Å².